The van der Waals surface area contributed by atoms with E-state index in [1.54, 1.807) is 18.0 Å². The Labute approximate surface area is 112 Å². The zero-order valence-corrected chi connectivity index (χ0v) is 11.8. The molecular weight excluding hydrogens is 275 g/mol. The Morgan fingerprint density at radius 2 is 2.11 bits per heavy atom. The summed E-state index contributed by atoms with van der Waals surface area (Å²) in [5.41, 5.74) is 6.16. The molecule has 7 heteroatoms. The van der Waals surface area contributed by atoms with E-state index in [2.05, 4.69) is 0 Å². The van der Waals surface area contributed by atoms with Gasteiger partial charge in [-0.3, -0.25) is 0 Å². The van der Waals surface area contributed by atoms with Crippen LogP contribution in [-0.4, -0.2) is 39.0 Å². The first-order valence-electron chi connectivity index (χ1n) is 5.19. The van der Waals surface area contributed by atoms with Crippen molar-refractivity contribution >= 4 is 32.7 Å². The molecule has 0 aliphatic rings. The van der Waals surface area contributed by atoms with Crippen molar-refractivity contribution in [3.63, 3.8) is 0 Å². The molecule has 0 aromatic heterocycles. The summed E-state index contributed by atoms with van der Waals surface area (Å²) >= 11 is 4.75. The molecule has 0 spiro atoms. The quantitative estimate of drug-likeness (QED) is 0.818. The average molecular weight is 290 g/mol. The molecule has 1 rings (SSSR count). The molecule has 0 saturated heterocycles. The summed E-state index contributed by atoms with van der Waals surface area (Å²) in [5.74, 6) is -0.503. The second-order valence-electron chi connectivity index (χ2n) is 4.08. The summed E-state index contributed by atoms with van der Waals surface area (Å²) in [6.45, 7) is 0.224. The summed E-state index contributed by atoms with van der Waals surface area (Å²) < 4.78 is 35.9. The van der Waals surface area contributed by atoms with Crippen LogP contribution in [-0.2, 0) is 9.84 Å². The van der Waals surface area contributed by atoms with Gasteiger partial charge in [-0.05, 0) is 18.2 Å². The first kappa shape index (κ1) is 14.8. The SMILES string of the molecule is CN(CCS(C)(=O)=O)c1ccc(C(N)=S)cc1F. The number of anilines is 1. The summed E-state index contributed by atoms with van der Waals surface area (Å²) in [6, 6.07) is 4.39. The minimum Gasteiger partial charge on any atom is -0.389 e. The molecule has 0 bridgehead atoms. The van der Waals surface area contributed by atoms with Crippen molar-refractivity contribution in [3.05, 3.63) is 29.6 Å². The van der Waals surface area contributed by atoms with Crippen molar-refractivity contribution in [3.8, 4) is 0 Å². The van der Waals surface area contributed by atoms with Crippen LogP contribution in [0.1, 0.15) is 5.56 Å². The summed E-state index contributed by atoms with van der Waals surface area (Å²) in [7, 11) is -1.44. The number of rotatable bonds is 5. The smallest absolute Gasteiger partial charge is 0.149 e. The Bertz CT molecular complexity index is 558. The van der Waals surface area contributed by atoms with Crippen LogP contribution >= 0.6 is 12.2 Å². The third-order valence-corrected chi connectivity index (χ3v) is 3.60. The molecule has 100 valence electrons. The van der Waals surface area contributed by atoms with E-state index in [1.165, 1.54) is 12.1 Å². The van der Waals surface area contributed by atoms with E-state index in [-0.39, 0.29) is 17.3 Å². The normalized spacial score (nSPS) is 11.3. The van der Waals surface area contributed by atoms with Crippen LogP contribution in [0.3, 0.4) is 0 Å². The van der Waals surface area contributed by atoms with Crippen LogP contribution in [0.5, 0.6) is 0 Å². The third kappa shape index (κ3) is 4.23. The number of hydrogen-bond acceptors (Lipinski definition) is 4. The largest absolute Gasteiger partial charge is 0.389 e. The highest BCUT2D eigenvalue weighted by Crippen LogP contribution is 2.19. The lowest BCUT2D eigenvalue weighted by Gasteiger charge is -2.19. The number of nitrogens with zero attached hydrogens (tertiary/aromatic N) is 1. The Kier molecular flexibility index (Phi) is 4.64. The molecule has 1 aromatic carbocycles. The summed E-state index contributed by atoms with van der Waals surface area (Å²) in [4.78, 5) is 1.67. The van der Waals surface area contributed by atoms with Gasteiger partial charge >= 0.3 is 0 Å². The van der Waals surface area contributed by atoms with Gasteiger partial charge in [0.15, 0.2) is 0 Å². The van der Waals surface area contributed by atoms with Gasteiger partial charge in [0.1, 0.15) is 20.6 Å². The predicted octanol–water partition coefficient (Wildman–Crippen LogP) is 0.941. The lowest BCUT2D eigenvalue weighted by molar-refractivity contribution is 0.599. The standard InChI is InChI=1S/C11H15FN2O2S2/c1-14(5-6-18(2,15)16)10-4-3-8(11(13)17)7-9(10)12/h3-4,7H,5-6H2,1-2H3,(H2,13,17). The maximum Gasteiger partial charge on any atom is 0.149 e. The Morgan fingerprint density at radius 3 is 2.56 bits per heavy atom. The van der Waals surface area contributed by atoms with Crippen molar-refractivity contribution in [1.29, 1.82) is 0 Å². The number of sulfone groups is 1. The average Bonchev–Trinajstić information content (AvgIpc) is 2.24. The minimum atomic E-state index is -3.07. The van der Waals surface area contributed by atoms with Crippen LogP contribution in [0.15, 0.2) is 18.2 Å². The Hall–Kier alpha value is -1.21. The highest BCUT2D eigenvalue weighted by Gasteiger charge is 2.11. The van der Waals surface area contributed by atoms with Gasteiger partial charge in [0, 0.05) is 25.4 Å². The van der Waals surface area contributed by atoms with Crippen LogP contribution in [0.2, 0.25) is 0 Å². The fourth-order valence-corrected chi connectivity index (χ4v) is 2.13. The fraction of sp³-hybridized carbons (Fsp3) is 0.364. The first-order valence-corrected chi connectivity index (χ1v) is 7.66. The number of benzene rings is 1. The van der Waals surface area contributed by atoms with Gasteiger partial charge in [-0.2, -0.15) is 0 Å². The van der Waals surface area contributed by atoms with Crippen LogP contribution in [0.25, 0.3) is 0 Å². The van der Waals surface area contributed by atoms with Gasteiger partial charge in [0.05, 0.1) is 11.4 Å². The molecule has 0 radical (unpaired) electrons. The van der Waals surface area contributed by atoms with E-state index in [1.807, 2.05) is 0 Å². The van der Waals surface area contributed by atoms with Gasteiger partial charge < -0.3 is 10.6 Å². The minimum absolute atomic E-state index is 0.0278. The van der Waals surface area contributed by atoms with Crippen LogP contribution in [0.4, 0.5) is 10.1 Å². The lowest BCUT2D eigenvalue weighted by atomic mass is 10.2. The molecule has 0 saturated carbocycles. The molecule has 0 atom stereocenters. The number of thiocarbonyl (C=S) groups is 1. The van der Waals surface area contributed by atoms with E-state index >= 15 is 0 Å². The highest BCUT2D eigenvalue weighted by atomic mass is 32.2. The number of nitrogens with two attached hydrogens (primary N) is 1. The summed E-state index contributed by atoms with van der Waals surface area (Å²) in [6.07, 6.45) is 1.15. The zero-order chi connectivity index (χ0) is 13.9. The van der Waals surface area contributed by atoms with Crippen molar-refractivity contribution in [2.75, 3.05) is 30.5 Å². The molecular formula is C11H15FN2O2S2. The van der Waals surface area contributed by atoms with Crippen molar-refractivity contribution in [1.82, 2.24) is 0 Å². The van der Waals surface area contributed by atoms with E-state index < -0.39 is 15.7 Å². The van der Waals surface area contributed by atoms with E-state index in [0.717, 1.165) is 6.26 Å². The van der Waals surface area contributed by atoms with Gasteiger partial charge in [0.25, 0.3) is 0 Å². The maximum atomic E-state index is 13.8. The molecule has 2 N–H and O–H groups in total. The monoisotopic (exact) mass is 290 g/mol. The fourth-order valence-electron chi connectivity index (χ4n) is 1.39. The lowest BCUT2D eigenvalue weighted by Crippen LogP contribution is -2.25. The molecule has 0 aliphatic heterocycles. The van der Waals surface area contributed by atoms with Gasteiger partial charge in [-0.1, -0.05) is 12.2 Å². The zero-order valence-electron chi connectivity index (χ0n) is 10.2. The first-order chi connectivity index (χ1) is 8.20. The van der Waals surface area contributed by atoms with Gasteiger partial charge in [-0.25, -0.2) is 12.8 Å². The van der Waals surface area contributed by atoms with Crippen LogP contribution in [0, 0.1) is 5.82 Å². The molecule has 0 amide bonds. The molecule has 0 heterocycles. The van der Waals surface area contributed by atoms with Gasteiger partial charge in [-0.15, -0.1) is 0 Å². The topological polar surface area (TPSA) is 63.4 Å². The number of halogens is 1. The third-order valence-electron chi connectivity index (χ3n) is 2.44. The summed E-state index contributed by atoms with van der Waals surface area (Å²) in [5, 5.41) is 0. The van der Waals surface area contributed by atoms with Crippen LogP contribution < -0.4 is 10.6 Å². The highest BCUT2D eigenvalue weighted by molar-refractivity contribution is 7.90. The van der Waals surface area contributed by atoms with E-state index in [9.17, 15) is 12.8 Å². The Morgan fingerprint density at radius 1 is 1.50 bits per heavy atom. The maximum absolute atomic E-state index is 13.8. The van der Waals surface area contributed by atoms with E-state index in [0.29, 0.717) is 11.3 Å². The molecule has 0 unspecified atom stereocenters. The van der Waals surface area contributed by atoms with Gasteiger partial charge in [0.2, 0.25) is 0 Å². The molecule has 1 aromatic rings. The van der Waals surface area contributed by atoms with Crippen molar-refractivity contribution in [2.45, 2.75) is 0 Å². The second-order valence-corrected chi connectivity index (χ2v) is 6.78. The van der Waals surface area contributed by atoms with Crippen molar-refractivity contribution in [2.24, 2.45) is 5.73 Å². The predicted molar refractivity (Wildman–Crippen MR) is 75.3 cm³/mol. The Balaban J connectivity index is 2.87. The molecule has 18 heavy (non-hydrogen) atoms. The number of hydrogen-bond donors (Lipinski definition) is 1. The van der Waals surface area contributed by atoms with E-state index in [4.69, 9.17) is 18.0 Å². The second kappa shape index (κ2) is 5.62. The molecule has 0 fully saturated rings. The molecule has 4 nitrogen and oxygen atoms in total. The molecule has 0 aliphatic carbocycles. The van der Waals surface area contributed by atoms with Crippen molar-refractivity contribution < 1.29 is 12.8 Å².